The van der Waals surface area contributed by atoms with Gasteiger partial charge in [0, 0.05) is 5.69 Å². The van der Waals surface area contributed by atoms with Crippen molar-refractivity contribution in [3.05, 3.63) is 29.1 Å². The lowest BCUT2D eigenvalue weighted by molar-refractivity contribution is 0.0680. The van der Waals surface area contributed by atoms with E-state index in [0.717, 1.165) is 0 Å². The van der Waals surface area contributed by atoms with E-state index in [0.29, 0.717) is 5.69 Å². The summed E-state index contributed by atoms with van der Waals surface area (Å²) in [5, 5.41) is 18.6. The molecule has 1 aromatic heterocycles. The summed E-state index contributed by atoms with van der Waals surface area (Å²) < 4.78 is 15.7. The summed E-state index contributed by atoms with van der Waals surface area (Å²) in [5.74, 6) is -2.35. The van der Waals surface area contributed by atoms with Crippen LogP contribution in [-0.4, -0.2) is 53.4 Å². The molecule has 0 aliphatic carbocycles. The van der Waals surface area contributed by atoms with Gasteiger partial charge in [-0.3, -0.25) is 0 Å². The first-order valence-corrected chi connectivity index (χ1v) is 6.99. The summed E-state index contributed by atoms with van der Waals surface area (Å²) in [7, 11) is 3.99. The molecule has 9 heteroatoms. The van der Waals surface area contributed by atoms with Crippen molar-refractivity contribution < 1.29 is 34.0 Å². The monoisotopic (exact) mass is 348 g/mol. The Morgan fingerprint density at radius 3 is 1.96 bits per heavy atom. The van der Waals surface area contributed by atoms with Crippen molar-refractivity contribution in [1.82, 2.24) is 9.97 Å². The van der Waals surface area contributed by atoms with Crippen LogP contribution in [0.25, 0.3) is 11.4 Å². The maximum atomic E-state index is 11.6. The normalized spacial score (nSPS) is 10.2. The second kappa shape index (κ2) is 7.04. The minimum absolute atomic E-state index is 0.00213. The Labute approximate surface area is 142 Å². The van der Waals surface area contributed by atoms with Crippen molar-refractivity contribution in [3.8, 4) is 28.6 Å². The lowest BCUT2D eigenvalue weighted by Gasteiger charge is -2.17. The van der Waals surface area contributed by atoms with Gasteiger partial charge in [0.05, 0.1) is 26.9 Å². The summed E-state index contributed by atoms with van der Waals surface area (Å²) in [6.45, 7) is 1.60. The Morgan fingerprint density at radius 1 is 0.880 bits per heavy atom. The predicted molar refractivity (Wildman–Crippen MR) is 85.8 cm³/mol. The van der Waals surface area contributed by atoms with Crippen LogP contribution in [0, 0.1) is 6.92 Å². The van der Waals surface area contributed by atoms with E-state index in [9.17, 15) is 19.8 Å². The van der Waals surface area contributed by atoms with Crippen LogP contribution in [-0.2, 0) is 0 Å². The van der Waals surface area contributed by atoms with E-state index >= 15 is 0 Å². The van der Waals surface area contributed by atoms with Gasteiger partial charge < -0.3 is 24.4 Å². The van der Waals surface area contributed by atoms with Crippen LogP contribution in [0.3, 0.4) is 0 Å². The van der Waals surface area contributed by atoms with Gasteiger partial charge in [-0.1, -0.05) is 0 Å². The molecule has 0 aliphatic rings. The van der Waals surface area contributed by atoms with Gasteiger partial charge in [0.2, 0.25) is 5.75 Å². The van der Waals surface area contributed by atoms with E-state index in [1.165, 1.54) is 33.5 Å². The fraction of sp³-hybridized carbons (Fsp3) is 0.250. The molecule has 2 rings (SSSR count). The quantitative estimate of drug-likeness (QED) is 0.803. The first kappa shape index (κ1) is 18.0. The largest absolute Gasteiger partial charge is 0.492 e. The molecule has 0 saturated carbocycles. The molecule has 132 valence electrons. The number of hydrogen-bond acceptors (Lipinski definition) is 7. The van der Waals surface area contributed by atoms with Gasteiger partial charge in [0.25, 0.3) is 0 Å². The van der Waals surface area contributed by atoms with Gasteiger partial charge in [-0.15, -0.1) is 0 Å². The Bertz CT molecular complexity index is 849. The zero-order chi connectivity index (χ0) is 18.7. The molecule has 1 heterocycles. The number of aromatic nitrogens is 2. The van der Waals surface area contributed by atoms with Gasteiger partial charge in [0.15, 0.2) is 23.0 Å². The number of nitrogens with zero attached hydrogens (tertiary/aromatic N) is 2. The fourth-order valence-corrected chi connectivity index (χ4v) is 2.34. The molecule has 9 nitrogen and oxygen atoms in total. The molecular formula is C16H16N2O7. The molecule has 0 saturated heterocycles. The van der Waals surface area contributed by atoms with Crippen LogP contribution < -0.4 is 14.2 Å². The molecule has 0 spiro atoms. The average molecular weight is 348 g/mol. The lowest BCUT2D eigenvalue weighted by Crippen LogP contribution is -2.08. The Morgan fingerprint density at radius 2 is 1.48 bits per heavy atom. The van der Waals surface area contributed by atoms with Crippen LogP contribution in [0.5, 0.6) is 17.2 Å². The van der Waals surface area contributed by atoms with E-state index in [4.69, 9.17) is 14.2 Å². The Kier molecular flexibility index (Phi) is 5.06. The van der Waals surface area contributed by atoms with E-state index in [-0.39, 0.29) is 39.9 Å². The zero-order valence-electron chi connectivity index (χ0n) is 14.0. The first-order valence-electron chi connectivity index (χ1n) is 6.99. The van der Waals surface area contributed by atoms with E-state index in [1.807, 2.05) is 0 Å². The molecule has 0 atom stereocenters. The van der Waals surface area contributed by atoms with Gasteiger partial charge >= 0.3 is 11.9 Å². The number of carboxylic acids is 2. The Balaban J connectivity index is 2.88. The maximum absolute atomic E-state index is 11.6. The minimum Gasteiger partial charge on any atom is -0.492 e. The SMILES string of the molecule is COc1c(C(=O)O)cc(-c2nc(C)cc(C(=O)O)n2)c(OC)c1OC. The standard InChI is InChI=1S/C16H16N2O7/c1-7-5-10(16(21)22)18-14(17-7)8-6-9(15(19)20)12(24-3)13(25-4)11(8)23-2/h5-6H,1-4H3,(H,19,20)(H,21,22). The third-order valence-electron chi connectivity index (χ3n) is 3.35. The molecular weight excluding hydrogens is 332 g/mol. The van der Waals surface area contributed by atoms with Gasteiger partial charge in [-0.05, 0) is 19.1 Å². The van der Waals surface area contributed by atoms with E-state index in [2.05, 4.69) is 9.97 Å². The van der Waals surface area contributed by atoms with Gasteiger partial charge in [-0.25, -0.2) is 19.6 Å². The van der Waals surface area contributed by atoms with Crippen molar-refractivity contribution in [2.45, 2.75) is 6.92 Å². The van der Waals surface area contributed by atoms with Crippen molar-refractivity contribution in [3.63, 3.8) is 0 Å². The summed E-state index contributed by atoms with van der Waals surface area (Å²) in [6, 6.07) is 2.56. The first-order chi connectivity index (χ1) is 11.8. The molecule has 0 unspecified atom stereocenters. The number of rotatable bonds is 6. The highest BCUT2D eigenvalue weighted by atomic mass is 16.5. The second-order valence-electron chi connectivity index (χ2n) is 4.90. The smallest absolute Gasteiger partial charge is 0.354 e. The molecule has 0 bridgehead atoms. The van der Waals surface area contributed by atoms with Crippen LogP contribution in [0.1, 0.15) is 26.5 Å². The summed E-state index contributed by atoms with van der Waals surface area (Å²) in [6.07, 6.45) is 0. The van der Waals surface area contributed by atoms with Gasteiger partial charge in [-0.2, -0.15) is 0 Å². The van der Waals surface area contributed by atoms with Crippen molar-refractivity contribution >= 4 is 11.9 Å². The van der Waals surface area contributed by atoms with Crippen LogP contribution in [0.4, 0.5) is 0 Å². The number of ether oxygens (including phenoxy) is 3. The Hall–Kier alpha value is -3.36. The fourth-order valence-electron chi connectivity index (χ4n) is 2.34. The van der Waals surface area contributed by atoms with Crippen molar-refractivity contribution in [2.24, 2.45) is 0 Å². The van der Waals surface area contributed by atoms with Gasteiger partial charge in [0.1, 0.15) is 5.56 Å². The summed E-state index contributed by atoms with van der Waals surface area (Å²) >= 11 is 0. The molecule has 2 aromatic rings. The predicted octanol–water partition coefficient (Wildman–Crippen LogP) is 1.87. The number of benzene rings is 1. The third kappa shape index (κ3) is 3.30. The second-order valence-corrected chi connectivity index (χ2v) is 4.90. The zero-order valence-corrected chi connectivity index (χ0v) is 14.0. The maximum Gasteiger partial charge on any atom is 0.354 e. The number of hydrogen-bond donors (Lipinski definition) is 2. The average Bonchev–Trinajstić information content (AvgIpc) is 2.58. The molecule has 0 aliphatic heterocycles. The highest BCUT2D eigenvalue weighted by Crippen LogP contribution is 2.46. The number of aromatic carboxylic acids is 2. The molecule has 0 fully saturated rings. The van der Waals surface area contributed by atoms with E-state index in [1.54, 1.807) is 6.92 Å². The lowest BCUT2D eigenvalue weighted by atomic mass is 10.1. The number of carbonyl (C=O) groups is 2. The highest BCUT2D eigenvalue weighted by Gasteiger charge is 2.26. The molecule has 1 aromatic carbocycles. The van der Waals surface area contributed by atoms with E-state index < -0.39 is 11.9 Å². The number of carboxylic acid groups (broad SMARTS) is 2. The molecule has 2 N–H and O–H groups in total. The number of aryl methyl sites for hydroxylation is 1. The van der Waals surface area contributed by atoms with Crippen molar-refractivity contribution in [1.29, 1.82) is 0 Å². The molecule has 0 amide bonds. The number of methoxy groups -OCH3 is 3. The highest BCUT2D eigenvalue weighted by molar-refractivity contribution is 5.96. The third-order valence-corrected chi connectivity index (χ3v) is 3.35. The van der Waals surface area contributed by atoms with Crippen LogP contribution >= 0.6 is 0 Å². The van der Waals surface area contributed by atoms with Crippen LogP contribution in [0.15, 0.2) is 12.1 Å². The summed E-state index contributed by atoms with van der Waals surface area (Å²) in [4.78, 5) is 30.9. The molecule has 25 heavy (non-hydrogen) atoms. The summed E-state index contributed by atoms with van der Waals surface area (Å²) in [5.41, 5.74) is 0.146. The molecule has 0 radical (unpaired) electrons. The minimum atomic E-state index is -1.26. The van der Waals surface area contributed by atoms with Crippen molar-refractivity contribution in [2.75, 3.05) is 21.3 Å². The topological polar surface area (TPSA) is 128 Å². The van der Waals surface area contributed by atoms with Crippen LogP contribution in [0.2, 0.25) is 0 Å².